The first-order chi connectivity index (χ1) is 8.51. The van der Waals surface area contributed by atoms with Gasteiger partial charge < -0.3 is 19.4 Å². The summed E-state index contributed by atoms with van der Waals surface area (Å²) >= 11 is 0. The van der Waals surface area contributed by atoms with Gasteiger partial charge in [-0.3, -0.25) is 9.59 Å². The molecule has 7 nitrogen and oxygen atoms in total. The smallest absolute Gasteiger partial charge is 0.325 e. The molecule has 0 bridgehead atoms. The Morgan fingerprint density at radius 3 is 2.67 bits per heavy atom. The van der Waals surface area contributed by atoms with Gasteiger partial charge in [0.2, 0.25) is 5.75 Å². The molecule has 1 aromatic heterocycles. The van der Waals surface area contributed by atoms with Gasteiger partial charge in [0.25, 0.3) is 5.56 Å². The van der Waals surface area contributed by atoms with Crippen LogP contribution in [0.5, 0.6) is 5.75 Å². The van der Waals surface area contributed by atoms with Gasteiger partial charge in [-0.2, -0.15) is 0 Å². The second kappa shape index (κ2) is 6.04. The van der Waals surface area contributed by atoms with E-state index >= 15 is 0 Å². The van der Waals surface area contributed by atoms with Gasteiger partial charge in [-0.25, -0.2) is 4.98 Å². The largest absolute Gasteiger partial charge is 0.489 e. The molecule has 0 radical (unpaired) electrons. The molecule has 7 heteroatoms. The minimum absolute atomic E-state index is 0.000972. The molecule has 0 aliphatic rings. The van der Waals surface area contributed by atoms with Crippen LogP contribution in [0.4, 0.5) is 5.82 Å². The molecule has 0 spiro atoms. The number of nitrogens with zero attached hydrogens (tertiary/aromatic N) is 2. The van der Waals surface area contributed by atoms with E-state index in [-0.39, 0.29) is 18.3 Å². The summed E-state index contributed by atoms with van der Waals surface area (Å²) in [4.78, 5) is 31.1. The van der Waals surface area contributed by atoms with Crippen LogP contribution < -0.4 is 15.2 Å². The number of rotatable bonds is 5. The number of ether oxygens (including phenoxy) is 2. The third-order valence-electron chi connectivity index (χ3n) is 2.42. The van der Waals surface area contributed by atoms with Crippen LogP contribution in [-0.4, -0.2) is 42.7 Å². The quantitative estimate of drug-likeness (QED) is 0.755. The van der Waals surface area contributed by atoms with E-state index in [9.17, 15) is 9.59 Å². The fourth-order valence-corrected chi connectivity index (χ4v) is 1.47. The molecule has 100 valence electrons. The SMILES string of the molecule is COC(=O)CN(c1nc[nH]c(=O)c1OC)C(C)C. The summed E-state index contributed by atoms with van der Waals surface area (Å²) in [5, 5.41) is 0. The van der Waals surface area contributed by atoms with Crippen molar-refractivity contribution in [1.29, 1.82) is 0 Å². The molecule has 1 rings (SSSR count). The predicted molar refractivity (Wildman–Crippen MR) is 65.9 cm³/mol. The zero-order valence-electron chi connectivity index (χ0n) is 10.9. The Morgan fingerprint density at radius 2 is 2.17 bits per heavy atom. The molecule has 0 aromatic carbocycles. The van der Waals surface area contributed by atoms with Crippen LogP contribution in [-0.2, 0) is 9.53 Å². The second-order valence-electron chi connectivity index (χ2n) is 3.89. The number of anilines is 1. The molecule has 0 atom stereocenters. The number of nitrogens with one attached hydrogen (secondary N) is 1. The van der Waals surface area contributed by atoms with Crippen LogP contribution in [0, 0.1) is 0 Å². The molecule has 0 aliphatic heterocycles. The van der Waals surface area contributed by atoms with Crippen molar-refractivity contribution in [2.45, 2.75) is 19.9 Å². The number of aromatic amines is 1. The van der Waals surface area contributed by atoms with Gasteiger partial charge in [0.15, 0.2) is 5.82 Å². The molecule has 0 aliphatic carbocycles. The fourth-order valence-electron chi connectivity index (χ4n) is 1.47. The highest BCUT2D eigenvalue weighted by atomic mass is 16.5. The number of carbonyl (C=O) groups excluding carboxylic acids is 1. The summed E-state index contributed by atoms with van der Waals surface area (Å²) in [6, 6.07) is -0.0349. The highest BCUT2D eigenvalue weighted by Crippen LogP contribution is 2.22. The zero-order valence-corrected chi connectivity index (χ0v) is 10.9. The lowest BCUT2D eigenvalue weighted by molar-refractivity contribution is -0.139. The first-order valence-corrected chi connectivity index (χ1v) is 5.46. The lowest BCUT2D eigenvalue weighted by Gasteiger charge is -2.27. The number of H-pyrrole nitrogens is 1. The van der Waals surface area contributed by atoms with Crippen molar-refractivity contribution in [3.63, 3.8) is 0 Å². The number of hydrogen-bond acceptors (Lipinski definition) is 6. The van der Waals surface area contributed by atoms with Crippen LogP contribution in [0.3, 0.4) is 0 Å². The average Bonchev–Trinajstić information content (AvgIpc) is 2.34. The molecular formula is C11H17N3O4. The van der Waals surface area contributed by atoms with Gasteiger partial charge in [0.05, 0.1) is 20.5 Å². The van der Waals surface area contributed by atoms with Crippen LogP contribution >= 0.6 is 0 Å². The third kappa shape index (κ3) is 2.99. The fraction of sp³-hybridized carbons (Fsp3) is 0.545. The van der Waals surface area contributed by atoms with E-state index in [0.717, 1.165) is 0 Å². The van der Waals surface area contributed by atoms with Crippen molar-refractivity contribution in [3.8, 4) is 5.75 Å². The number of esters is 1. The maximum absolute atomic E-state index is 11.6. The molecule has 0 fully saturated rings. The Hall–Kier alpha value is -2.05. The molecule has 18 heavy (non-hydrogen) atoms. The second-order valence-corrected chi connectivity index (χ2v) is 3.89. The maximum Gasteiger partial charge on any atom is 0.325 e. The zero-order chi connectivity index (χ0) is 13.7. The van der Waals surface area contributed by atoms with Crippen LogP contribution in [0.1, 0.15) is 13.8 Å². The summed E-state index contributed by atoms with van der Waals surface area (Å²) < 4.78 is 9.64. The van der Waals surface area contributed by atoms with E-state index in [0.29, 0.717) is 5.82 Å². The Labute approximate surface area is 105 Å². The van der Waals surface area contributed by atoms with E-state index in [2.05, 4.69) is 14.7 Å². The van der Waals surface area contributed by atoms with E-state index in [1.165, 1.54) is 20.5 Å². The van der Waals surface area contributed by atoms with Gasteiger partial charge >= 0.3 is 5.97 Å². The maximum atomic E-state index is 11.6. The molecule has 0 unspecified atom stereocenters. The number of methoxy groups -OCH3 is 2. The molecule has 1 aromatic rings. The topological polar surface area (TPSA) is 84.5 Å². The van der Waals surface area contributed by atoms with Crippen LogP contribution in [0.15, 0.2) is 11.1 Å². The first kappa shape index (κ1) is 14.0. The van der Waals surface area contributed by atoms with Gasteiger partial charge in [-0.05, 0) is 13.8 Å². The van der Waals surface area contributed by atoms with Gasteiger partial charge in [-0.15, -0.1) is 0 Å². The molecule has 0 amide bonds. The van der Waals surface area contributed by atoms with Crippen molar-refractivity contribution in [3.05, 3.63) is 16.7 Å². The molecule has 0 saturated carbocycles. The van der Waals surface area contributed by atoms with Crippen molar-refractivity contribution in [2.75, 3.05) is 25.7 Å². The van der Waals surface area contributed by atoms with Gasteiger partial charge in [-0.1, -0.05) is 0 Å². The van der Waals surface area contributed by atoms with Crippen molar-refractivity contribution in [1.82, 2.24) is 9.97 Å². The third-order valence-corrected chi connectivity index (χ3v) is 2.42. The Balaban J connectivity index is 3.17. The van der Waals surface area contributed by atoms with Crippen molar-refractivity contribution in [2.24, 2.45) is 0 Å². The minimum Gasteiger partial charge on any atom is -0.489 e. The van der Waals surface area contributed by atoms with Crippen molar-refractivity contribution >= 4 is 11.8 Å². The predicted octanol–water partition coefficient (Wildman–Crippen LogP) is 0.166. The Bertz CT molecular complexity index is 470. The van der Waals surface area contributed by atoms with Gasteiger partial charge in [0, 0.05) is 6.04 Å². The van der Waals surface area contributed by atoms with E-state index in [1.807, 2.05) is 13.8 Å². The average molecular weight is 255 g/mol. The summed E-state index contributed by atoms with van der Waals surface area (Å²) in [5.41, 5.74) is -0.391. The minimum atomic E-state index is -0.409. The summed E-state index contributed by atoms with van der Waals surface area (Å²) in [5.74, 6) is -0.00964. The Morgan fingerprint density at radius 1 is 1.50 bits per heavy atom. The lowest BCUT2D eigenvalue weighted by Crippen LogP contribution is -2.38. The molecule has 0 saturated heterocycles. The van der Waals surface area contributed by atoms with Crippen molar-refractivity contribution < 1.29 is 14.3 Å². The summed E-state index contributed by atoms with van der Waals surface area (Å²) in [6.07, 6.45) is 1.27. The highest BCUT2D eigenvalue weighted by Gasteiger charge is 2.21. The van der Waals surface area contributed by atoms with E-state index in [4.69, 9.17) is 4.74 Å². The molecule has 1 heterocycles. The van der Waals surface area contributed by atoms with E-state index in [1.54, 1.807) is 4.90 Å². The van der Waals surface area contributed by atoms with Crippen LogP contribution in [0.2, 0.25) is 0 Å². The highest BCUT2D eigenvalue weighted by molar-refractivity contribution is 5.76. The lowest BCUT2D eigenvalue weighted by atomic mass is 10.3. The number of carbonyl (C=O) groups is 1. The van der Waals surface area contributed by atoms with Crippen LogP contribution in [0.25, 0.3) is 0 Å². The molecule has 1 N–H and O–H groups in total. The standard InChI is InChI=1S/C11H17N3O4/c1-7(2)14(5-8(15)17-3)10-9(18-4)11(16)13-6-12-10/h6-7H,5H2,1-4H3,(H,12,13,16). The van der Waals surface area contributed by atoms with Gasteiger partial charge in [0.1, 0.15) is 6.54 Å². The molecular weight excluding hydrogens is 238 g/mol. The summed E-state index contributed by atoms with van der Waals surface area (Å²) in [7, 11) is 2.69. The number of hydrogen-bond donors (Lipinski definition) is 1. The first-order valence-electron chi connectivity index (χ1n) is 5.46. The Kier molecular flexibility index (Phi) is 4.70. The van der Waals surface area contributed by atoms with E-state index < -0.39 is 11.5 Å². The summed E-state index contributed by atoms with van der Waals surface area (Å²) in [6.45, 7) is 3.76. The number of aromatic nitrogens is 2. The normalized spacial score (nSPS) is 10.3. The monoisotopic (exact) mass is 255 g/mol.